The molecule has 0 saturated carbocycles. The van der Waals surface area contributed by atoms with Crippen LogP contribution in [0.2, 0.25) is 0 Å². The Morgan fingerprint density at radius 3 is 1.62 bits per heavy atom. The number of aromatic nitrogens is 2. The van der Waals surface area contributed by atoms with E-state index in [1.54, 1.807) is 0 Å². The topological polar surface area (TPSA) is 9.86 Å². The summed E-state index contributed by atoms with van der Waals surface area (Å²) in [4.78, 5) is 0. The highest BCUT2D eigenvalue weighted by molar-refractivity contribution is 6.18. The van der Waals surface area contributed by atoms with Crippen molar-refractivity contribution in [2.24, 2.45) is 0 Å². The fourth-order valence-electron chi connectivity index (χ4n) is 10.1. The maximum Gasteiger partial charge on any atom is 0.0620 e. The molecular formula is C58H36N2. The fourth-order valence-corrected chi connectivity index (χ4v) is 10.1. The molecule has 0 aliphatic carbocycles. The summed E-state index contributed by atoms with van der Waals surface area (Å²) in [7, 11) is 0. The van der Waals surface area contributed by atoms with Crippen LogP contribution in [0.15, 0.2) is 218 Å². The second-order valence-corrected chi connectivity index (χ2v) is 16.1. The van der Waals surface area contributed by atoms with Crippen molar-refractivity contribution in [2.75, 3.05) is 0 Å². The molecular weight excluding hydrogens is 725 g/mol. The molecule has 2 heteroatoms. The van der Waals surface area contributed by atoms with Crippen LogP contribution in [0.4, 0.5) is 0 Å². The molecule has 0 bridgehead atoms. The SMILES string of the molecule is c1ccc(-c2cc(-c3ccc4ccccc4c3)cc(-n3c4ccccc4c4cc(-c5cc6c7c(c5)c5ccccc5n7-c5ccccc5-c5ccccc5-6)ccc43)c2)cc1. The predicted octanol–water partition coefficient (Wildman–Crippen LogP) is 15.7. The normalized spacial score (nSPS) is 12.0. The second kappa shape index (κ2) is 12.8. The van der Waals surface area contributed by atoms with Gasteiger partial charge in [0.05, 0.1) is 27.8 Å². The lowest BCUT2D eigenvalue weighted by atomic mass is 9.91. The number of nitrogens with zero attached hydrogens (tertiary/aromatic N) is 2. The van der Waals surface area contributed by atoms with Crippen molar-refractivity contribution < 1.29 is 0 Å². The van der Waals surface area contributed by atoms with E-state index in [-0.39, 0.29) is 0 Å². The molecule has 0 amide bonds. The van der Waals surface area contributed by atoms with Gasteiger partial charge in [0, 0.05) is 38.4 Å². The van der Waals surface area contributed by atoms with Crippen molar-refractivity contribution in [1.29, 1.82) is 0 Å². The third kappa shape index (κ3) is 4.88. The molecule has 0 unspecified atom stereocenters. The van der Waals surface area contributed by atoms with Crippen LogP contribution >= 0.6 is 0 Å². The first-order chi connectivity index (χ1) is 29.7. The average molecular weight is 761 g/mol. The standard InChI is InChI=1S/C58H36N2/c1-2-14-37(15-3-1)42-31-43(40-27-26-38-16-4-5-17-39(38)30-40)33-45(32-42)59-54-23-11-9-21-49(54)51-34-41(28-29-57(51)59)44-35-52-47-19-7-6-18-46(47)48-20-8-12-24-55(48)60-56-25-13-10-22-50(56)53(36-44)58(52)60/h1-36H. The van der Waals surface area contributed by atoms with Crippen molar-refractivity contribution >= 4 is 54.4 Å². The monoisotopic (exact) mass is 760 g/mol. The van der Waals surface area contributed by atoms with E-state index in [4.69, 9.17) is 0 Å². The summed E-state index contributed by atoms with van der Waals surface area (Å²) in [5.41, 5.74) is 19.5. The van der Waals surface area contributed by atoms with E-state index >= 15 is 0 Å². The van der Waals surface area contributed by atoms with Crippen molar-refractivity contribution in [2.45, 2.75) is 0 Å². The van der Waals surface area contributed by atoms with E-state index in [1.807, 2.05) is 0 Å². The highest BCUT2D eigenvalue weighted by Gasteiger charge is 2.25. The molecule has 10 aromatic carbocycles. The van der Waals surface area contributed by atoms with Gasteiger partial charge in [-0.1, -0.05) is 152 Å². The summed E-state index contributed by atoms with van der Waals surface area (Å²) in [6.45, 7) is 0. The smallest absolute Gasteiger partial charge is 0.0620 e. The molecule has 278 valence electrons. The number of rotatable bonds is 4. The second-order valence-electron chi connectivity index (χ2n) is 16.1. The Morgan fingerprint density at radius 1 is 0.250 bits per heavy atom. The summed E-state index contributed by atoms with van der Waals surface area (Å²) >= 11 is 0. The number of hydrogen-bond acceptors (Lipinski definition) is 0. The molecule has 60 heavy (non-hydrogen) atoms. The molecule has 0 fully saturated rings. The lowest BCUT2D eigenvalue weighted by Gasteiger charge is -2.15. The van der Waals surface area contributed by atoms with Crippen LogP contribution < -0.4 is 0 Å². The molecule has 0 N–H and O–H groups in total. The molecule has 1 aliphatic rings. The zero-order valence-corrected chi connectivity index (χ0v) is 32.7. The van der Waals surface area contributed by atoms with E-state index in [0.717, 1.165) is 5.69 Å². The number of benzene rings is 10. The van der Waals surface area contributed by atoms with E-state index < -0.39 is 0 Å². The van der Waals surface area contributed by atoms with Crippen LogP contribution in [0.1, 0.15) is 0 Å². The Kier molecular flexibility index (Phi) is 7.05. The van der Waals surface area contributed by atoms with Crippen LogP contribution in [-0.2, 0) is 0 Å². The minimum absolute atomic E-state index is 1.14. The van der Waals surface area contributed by atoms with Crippen LogP contribution in [0.3, 0.4) is 0 Å². The molecule has 13 rings (SSSR count). The quantitative estimate of drug-likeness (QED) is 0.169. The highest BCUT2D eigenvalue weighted by Crippen LogP contribution is 2.48. The van der Waals surface area contributed by atoms with Gasteiger partial charge in [0.2, 0.25) is 0 Å². The summed E-state index contributed by atoms with van der Waals surface area (Å²) in [5.74, 6) is 0. The van der Waals surface area contributed by atoms with Crippen LogP contribution in [0.25, 0.3) is 121 Å². The van der Waals surface area contributed by atoms with Gasteiger partial charge < -0.3 is 9.13 Å². The third-order valence-electron chi connectivity index (χ3n) is 12.8. The minimum atomic E-state index is 1.14. The Hall–Kier alpha value is -7.94. The zero-order valence-electron chi connectivity index (χ0n) is 32.7. The molecule has 2 aromatic heterocycles. The van der Waals surface area contributed by atoms with Gasteiger partial charge in [-0.2, -0.15) is 0 Å². The molecule has 0 radical (unpaired) electrons. The summed E-state index contributed by atoms with van der Waals surface area (Å²) in [6.07, 6.45) is 0. The molecule has 0 saturated heterocycles. The molecule has 1 aliphatic heterocycles. The largest absolute Gasteiger partial charge is 0.309 e. The van der Waals surface area contributed by atoms with E-state index in [1.165, 1.54) is 116 Å². The van der Waals surface area contributed by atoms with Crippen molar-refractivity contribution in [3.63, 3.8) is 0 Å². The molecule has 3 heterocycles. The van der Waals surface area contributed by atoms with Gasteiger partial charge >= 0.3 is 0 Å². The van der Waals surface area contributed by atoms with Gasteiger partial charge in [-0.3, -0.25) is 0 Å². The van der Waals surface area contributed by atoms with Gasteiger partial charge in [-0.25, -0.2) is 0 Å². The number of fused-ring (bicyclic) bond motifs is 12. The van der Waals surface area contributed by atoms with E-state index in [9.17, 15) is 0 Å². The maximum atomic E-state index is 2.49. The number of para-hydroxylation sites is 3. The van der Waals surface area contributed by atoms with E-state index in [0.29, 0.717) is 0 Å². The Balaban J connectivity index is 1.05. The van der Waals surface area contributed by atoms with Crippen LogP contribution in [-0.4, -0.2) is 9.13 Å². The van der Waals surface area contributed by atoms with Gasteiger partial charge in [0.1, 0.15) is 0 Å². The Labute approximate surface area is 347 Å². The zero-order chi connectivity index (χ0) is 39.3. The van der Waals surface area contributed by atoms with Crippen LogP contribution in [0.5, 0.6) is 0 Å². The number of hydrogen-bond donors (Lipinski definition) is 0. The predicted molar refractivity (Wildman–Crippen MR) is 253 cm³/mol. The summed E-state index contributed by atoms with van der Waals surface area (Å²) in [5, 5.41) is 7.50. The highest BCUT2D eigenvalue weighted by atomic mass is 15.0. The van der Waals surface area contributed by atoms with Gasteiger partial charge in [0.25, 0.3) is 0 Å². The Morgan fingerprint density at radius 2 is 0.800 bits per heavy atom. The minimum Gasteiger partial charge on any atom is -0.309 e. The first-order valence-electron chi connectivity index (χ1n) is 20.8. The third-order valence-corrected chi connectivity index (χ3v) is 12.8. The van der Waals surface area contributed by atoms with Crippen molar-refractivity contribution in [3.8, 4) is 67.0 Å². The summed E-state index contributed by atoms with van der Waals surface area (Å²) in [6, 6.07) is 80.7. The van der Waals surface area contributed by atoms with Gasteiger partial charge in [0.15, 0.2) is 0 Å². The average Bonchev–Trinajstić information content (AvgIpc) is 3.79. The first-order valence-corrected chi connectivity index (χ1v) is 20.8. The molecule has 0 atom stereocenters. The van der Waals surface area contributed by atoms with Gasteiger partial charge in [-0.15, -0.1) is 0 Å². The lowest BCUT2D eigenvalue weighted by Crippen LogP contribution is -1.96. The Bertz CT molecular complexity index is 3710. The van der Waals surface area contributed by atoms with E-state index in [2.05, 4.69) is 228 Å². The summed E-state index contributed by atoms with van der Waals surface area (Å²) < 4.78 is 4.95. The molecule has 0 spiro atoms. The van der Waals surface area contributed by atoms with Crippen molar-refractivity contribution in [3.05, 3.63) is 218 Å². The van der Waals surface area contributed by atoms with Crippen molar-refractivity contribution in [1.82, 2.24) is 9.13 Å². The molecule has 2 nitrogen and oxygen atoms in total. The van der Waals surface area contributed by atoms with Gasteiger partial charge in [-0.05, 0) is 122 Å². The maximum absolute atomic E-state index is 2.49. The first kappa shape index (κ1) is 33.1. The van der Waals surface area contributed by atoms with Crippen LogP contribution in [0, 0.1) is 0 Å². The lowest BCUT2D eigenvalue weighted by molar-refractivity contribution is 1.18. The molecule has 12 aromatic rings. The fraction of sp³-hybridized carbons (Fsp3) is 0.